The van der Waals surface area contributed by atoms with Crippen LogP contribution in [0.25, 0.3) is 0 Å². The van der Waals surface area contributed by atoms with Gasteiger partial charge in [0.05, 0.1) is 5.56 Å². The first-order valence-electron chi connectivity index (χ1n) is 9.07. The lowest BCUT2D eigenvalue weighted by molar-refractivity contribution is 0.0932. The van der Waals surface area contributed by atoms with Crippen LogP contribution in [-0.2, 0) is 0 Å². The summed E-state index contributed by atoms with van der Waals surface area (Å²) in [7, 11) is 0. The van der Waals surface area contributed by atoms with Crippen LogP contribution < -0.4 is 20.1 Å². The highest BCUT2D eigenvalue weighted by Crippen LogP contribution is 2.34. The first-order chi connectivity index (χ1) is 12.8. The number of benzene rings is 1. The molecule has 2 aliphatic rings. The maximum absolute atomic E-state index is 12.4. The Morgan fingerprint density at radius 2 is 1.73 bits per heavy atom. The molecule has 1 amide bonds. The quantitative estimate of drug-likeness (QED) is 0.819. The third kappa shape index (κ3) is 3.87. The van der Waals surface area contributed by atoms with E-state index in [1.54, 1.807) is 12.4 Å². The Kier molecular flexibility index (Phi) is 4.86. The minimum absolute atomic E-state index is 0.105. The Hall–Kier alpha value is -2.83. The summed E-state index contributed by atoms with van der Waals surface area (Å²) in [5.74, 6) is 1.73. The molecule has 0 saturated heterocycles. The highest BCUT2D eigenvalue weighted by molar-refractivity contribution is 5.93. The van der Waals surface area contributed by atoms with Crippen molar-refractivity contribution in [2.45, 2.75) is 44.6 Å². The fourth-order valence-electron chi connectivity index (χ4n) is 3.31. The van der Waals surface area contributed by atoms with Crippen molar-refractivity contribution in [3.05, 3.63) is 36.2 Å². The van der Waals surface area contributed by atoms with Crippen LogP contribution in [0.5, 0.6) is 11.5 Å². The minimum atomic E-state index is -0.105. The van der Waals surface area contributed by atoms with Gasteiger partial charge in [-0.3, -0.25) is 4.79 Å². The van der Waals surface area contributed by atoms with Crippen molar-refractivity contribution in [2.24, 2.45) is 0 Å². The van der Waals surface area contributed by atoms with E-state index >= 15 is 0 Å². The van der Waals surface area contributed by atoms with Gasteiger partial charge in [0.1, 0.15) is 0 Å². The predicted molar refractivity (Wildman–Crippen MR) is 96.8 cm³/mol. The van der Waals surface area contributed by atoms with E-state index in [2.05, 4.69) is 20.6 Å². The summed E-state index contributed by atoms with van der Waals surface area (Å²) in [4.78, 5) is 20.9. The Morgan fingerprint density at radius 1 is 1.00 bits per heavy atom. The summed E-state index contributed by atoms with van der Waals surface area (Å²) in [5, 5.41) is 6.20. The van der Waals surface area contributed by atoms with Crippen molar-refractivity contribution in [2.75, 3.05) is 12.1 Å². The van der Waals surface area contributed by atoms with E-state index in [-0.39, 0.29) is 18.7 Å². The fraction of sp³-hybridized carbons (Fsp3) is 0.421. The van der Waals surface area contributed by atoms with E-state index in [1.165, 1.54) is 25.7 Å². The van der Waals surface area contributed by atoms with E-state index in [1.807, 2.05) is 18.2 Å². The molecule has 0 bridgehead atoms. The Morgan fingerprint density at radius 3 is 2.50 bits per heavy atom. The lowest BCUT2D eigenvalue weighted by atomic mass is 10.1. The van der Waals surface area contributed by atoms with Crippen molar-refractivity contribution in [1.82, 2.24) is 15.3 Å². The van der Waals surface area contributed by atoms with Gasteiger partial charge in [0.15, 0.2) is 11.5 Å². The molecule has 1 aromatic heterocycles. The van der Waals surface area contributed by atoms with Gasteiger partial charge >= 0.3 is 0 Å². The SMILES string of the molecule is O=C(NC1CCCCCC1)c1cnc(Nc2ccc3c(c2)OCO3)nc1. The Labute approximate surface area is 152 Å². The van der Waals surface area contributed by atoms with Gasteiger partial charge in [-0.25, -0.2) is 9.97 Å². The lowest BCUT2D eigenvalue weighted by Gasteiger charge is -2.16. The second kappa shape index (κ2) is 7.59. The molecular weight excluding hydrogens is 332 g/mol. The first-order valence-corrected chi connectivity index (χ1v) is 9.07. The van der Waals surface area contributed by atoms with Gasteiger partial charge in [-0.1, -0.05) is 25.7 Å². The van der Waals surface area contributed by atoms with Crippen LogP contribution in [0.2, 0.25) is 0 Å². The lowest BCUT2D eigenvalue weighted by Crippen LogP contribution is -2.34. The summed E-state index contributed by atoms with van der Waals surface area (Å²) in [5.41, 5.74) is 1.27. The van der Waals surface area contributed by atoms with Gasteiger partial charge in [-0.05, 0) is 25.0 Å². The first kappa shape index (κ1) is 16.6. The third-order valence-electron chi connectivity index (χ3n) is 4.73. The molecule has 1 fully saturated rings. The van der Waals surface area contributed by atoms with Crippen LogP contribution in [0.1, 0.15) is 48.9 Å². The number of hydrogen-bond acceptors (Lipinski definition) is 6. The average molecular weight is 354 g/mol. The predicted octanol–water partition coefficient (Wildman–Crippen LogP) is 3.40. The number of anilines is 2. The molecule has 1 saturated carbocycles. The third-order valence-corrected chi connectivity index (χ3v) is 4.73. The Balaban J connectivity index is 1.37. The zero-order chi connectivity index (χ0) is 17.8. The molecular formula is C19H22N4O3. The summed E-state index contributed by atoms with van der Waals surface area (Å²) in [6.45, 7) is 0.236. The summed E-state index contributed by atoms with van der Waals surface area (Å²) < 4.78 is 10.6. The van der Waals surface area contributed by atoms with Crippen LogP contribution in [0.3, 0.4) is 0 Å². The number of carbonyl (C=O) groups is 1. The molecule has 4 rings (SSSR count). The molecule has 2 N–H and O–H groups in total. The van der Waals surface area contributed by atoms with Gasteiger partial charge in [-0.15, -0.1) is 0 Å². The molecule has 7 nitrogen and oxygen atoms in total. The highest BCUT2D eigenvalue weighted by Gasteiger charge is 2.17. The maximum Gasteiger partial charge on any atom is 0.254 e. The molecule has 0 atom stereocenters. The van der Waals surface area contributed by atoms with Crippen LogP contribution >= 0.6 is 0 Å². The average Bonchev–Trinajstić information content (AvgIpc) is 2.97. The van der Waals surface area contributed by atoms with Crippen LogP contribution in [-0.4, -0.2) is 28.7 Å². The normalized spacial score (nSPS) is 16.8. The molecule has 2 aromatic rings. The van der Waals surface area contributed by atoms with Crippen LogP contribution in [0.4, 0.5) is 11.6 Å². The van der Waals surface area contributed by atoms with Crippen molar-refractivity contribution in [3.8, 4) is 11.5 Å². The van der Waals surface area contributed by atoms with E-state index < -0.39 is 0 Å². The van der Waals surface area contributed by atoms with E-state index in [0.29, 0.717) is 17.3 Å². The molecule has 1 aliphatic heterocycles. The van der Waals surface area contributed by atoms with Gasteiger partial charge in [0.25, 0.3) is 5.91 Å². The van der Waals surface area contributed by atoms with Crippen LogP contribution in [0.15, 0.2) is 30.6 Å². The molecule has 136 valence electrons. The number of nitrogens with one attached hydrogen (secondary N) is 2. The smallest absolute Gasteiger partial charge is 0.254 e. The number of amides is 1. The van der Waals surface area contributed by atoms with Crippen molar-refractivity contribution in [3.63, 3.8) is 0 Å². The van der Waals surface area contributed by atoms with Gasteiger partial charge in [-0.2, -0.15) is 0 Å². The molecule has 1 aromatic carbocycles. The molecule has 0 spiro atoms. The topological polar surface area (TPSA) is 85.4 Å². The second-order valence-electron chi connectivity index (χ2n) is 6.65. The van der Waals surface area contributed by atoms with E-state index in [4.69, 9.17) is 9.47 Å². The zero-order valence-corrected chi connectivity index (χ0v) is 14.5. The number of fused-ring (bicyclic) bond motifs is 1. The molecule has 0 unspecified atom stereocenters. The molecule has 1 aliphatic carbocycles. The zero-order valence-electron chi connectivity index (χ0n) is 14.5. The number of hydrogen-bond donors (Lipinski definition) is 2. The molecule has 0 radical (unpaired) electrons. The van der Waals surface area contributed by atoms with E-state index in [0.717, 1.165) is 24.3 Å². The van der Waals surface area contributed by atoms with Crippen molar-refractivity contribution < 1.29 is 14.3 Å². The van der Waals surface area contributed by atoms with Gasteiger partial charge in [0.2, 0.25) is 12.7 Å². The molecule has 2 heterocycles. The van der Waals surface area contributed by atoms with Crippen molar-refractivity contribution >= 4 is 17.5 Å². The number of nitrogens with zero attached hydrogens (tertiary/aromatic N) is 2. The Bertz CT molecular complexity index is 771. The molecule has 26 heavy (non-hydrogen) atoms. The monoisotopic (exact) mass is 354 g/mol. The second-order valence-corrected chi connectivity index (χ2v) is 6.65. The van der Waals surface area contributed by atoms with Gasteiger partial charge in [0, 0.05) is 30.2 Å². The largest absolute Gasteiger partial charge is 0.454 e. The maximum atomic E-state index is 12.4. The molecule has 7 heteroatoms. The number of aromatic nitrogens is 2. The summed E-state index contributed by atoms with van der Waals surface area (Å²) >= 11 is 0. The van der Waals surface area contributed by atoms with Crippen LogP contribution in [0, 0.1) is 0 Å². The summed E-state index contributed by atoms with van der Waals surface area (Å²) in [6, 6.07) is 5.79. The summed E-state index contributed by atoms with van der Waals surface area (Å²) in [6.07, 6.45) is 10.1. The number of rotatable bonds is 4. The van der Waals surface area contributed by atoms with Gasteiger partial charge < -0.3 is 20.1 Å². The number of carbonyl (C=O) groups excluding carboxylic acids is 1. The fourth-order valence-corrected chi connectivity index (χ4v) is 3.31. The number of ether oxygens (including phenoxy) is 2. The van der Waals surface area contributed by atoms with E-state index in [9.17, 15) is 4.79 Å². The van der Waals surface area contributed by atoms with Crippen molar-refractivity contribution in [1.29, 1.82) is 0 Å². The standard InChI is InChI=1S/C19H22N4O3/c24-18(22-14-5-3-1-2-4-6-14)13-10-20-19(21-11-13)23-15-7-8-16-17(9-15)26-12-25-16/h7-11,14H,1-6,12H2,(H,22,24)(H,20,21,23). The minimum Gasteiger partial charge on any atom is -0.454 e. The highest BCUT2D eigenvalue weighted by atomic mass is 16.7.